The third-order valence-corrected chi connectivity index (χ3v) is 4.13. The van der Waals surface area contributed by atoms with E-state index < -0.39 is 0 Å². The lowest BCUT2D eigenvalue weighted by molar-refractivity contribution is 0.0947. The Morgan fingerprint density at radius 1 is 1.36 bits per heavy atom. The molecule has 1 aromatic carbocycles. The lowest BCUT2D eigenvalue weighted by atomic mass is 10.2. The molecule has 1 aromatic heterocycles. The van der Waals surface area contributed by atoms with E-state index in [0.717, 1.165) is 24.5 Å². The third kappa shape index (κ3) is 5.22. The van der Waals surface area contributed by atoms with Crippen molar-refractivity contribution in [3.8, 4) is 0 Å². The molecular formula is C16H22N4OS. The fraction of sp³-hybridized carbons (Fsp3) is 0.375. The van der Waals surface area contributed by atoms with E-state index in [-0.39, 0.29) is 5.91 Å². The average molecular weight is 318 g/mol. The standard InChI is InChI=1S/C16H22N4OS/c1-20(11-13-6-3-2-4-7-13)9-5-8-18-16(21)14-12-22-15(10-17)19-14/h2-4,6-7,12H,5,8-11,17H2,1H3,(H,18,21). The van der Waals surface area contributed by atoms with Crippen molar-refractivity contribution >= 4 is 17.2 Å². The number of nitrogens with zero attached hydrogens (tertiary/aromatic N) is 2. The van der Waals surface area contributed by atoms with Crippen LogP contribution >= 0.6 is 11.3 Å². The Bertz CT molecular complexity index is 585. The highest BCUT2D eigenvalue weighted by molar-refractivity contribution is 7.09. The van der Waals surface area contributed by atoms with Crippen molar-refractivity contribution in [1.82, 2.24) is 15.2 Å². The molecule has 118 valence electrons. The van der Waals surface area contributed by atoms with Gasteiger partial charge < -0.3 is 16.0 Å². The second kappa shape index (κ2) is 8.63. The first-order valence-corrected chi connectivity index (χ1v) is 8.22. The van der Waals surface area contributed by atoms with Crippen LogP contribution in [0.2, 0.25) is 0 Å². The van der Waals surface area contributed by atoms with Crippen LogP contribution in [-0.4, -0.2) is 35.9 Å². The van der Waals surface area contributed by atoms with Crippen molar-refractivity contribution in [1.29, 1.82) is 0 Å². The summed E-state index contributed by atoms with van der Waals surface area (Å²) in [5.74, 6) is -0.123. The SMILES string of the molecule is CN(CCCNC(=O)c1csc(CN)n1)Cc1ccccc1. The molecule has 0 unspecified atom stereocenters. The van der Waals surface area contributed by atoms with E-state index in [1.54, 1.807) is 5.38 Å². The quantitative estimate of drug-likeness (QED) is 0.729. The number of hydrogen-bond donors (Lipinski definition) is 2. The zero-order valence-electron chi connectivity index (χ0n) is 12.8. The Kier molecular flexibility index (Phi) is 6.51. The molecule has 0 atom stereocenters. The molecule has 0 spiro atoms. The summed E-state index contributed by atoms with van der Waals surface area (Å²) < 4.78 is 0. The van der Waals surface area contributed by atoms with Gasteiger partial charge in [-0.1, -0.05) is 30.3 Å². The topological polar surface area (TPSA) is 71.2 Å². The van der Waals surface area contributed by atoms with E-state index in [2.05, 4.69) is 34.4 Å². The Labute approximate surface area is 135 Å². The second-order valence-corrected chi connectivity index (χ2v) is 6.11. The largest absolute Gasteiger partial charge is 0.351 e. The molecule has 0 aliphatic rings. The van der Waals surface area contributed by atoms with Crippen LogP contribution in [0.25, 0.3) is 0 Å². The fourth-order valence-corrected chi connectivity index (χ4v) is 2.78. The Balaban J connectivity index is 1.65. The summed E-state index contributed by atoms with van der Waals surface area (Å²) in [4.78, 5) is 18.3. The van der Waals surface area contributed by atoms with Gasteiger partial charge in [-0.3, -0.25) is 4.79 Å². The van der Waals surface area contributed by atoms with Gasteiger partial charge in [-0.15, -0.1) is 11.3 Å². The molecule has 0 bridgehead atoms. The van der Waals surface area contributed by atoms with Crippen molar-refractivity contribution in [3.63, 3.8) is 0 Å². The third-order valence-electron chi connectivity index (χ3n) is 3.26. The number of carbonyl (C=O) groups excluding carboxylic acids is 1. The van der Waals surface area contributed by atoms with Crippen LogP contribution in [0, 0.1) is 0 Å². The number of nitrogens with one attached hydrogen (secondary N) is 1. The maximum atomic E-state index is 11.9. The first-order valence-electron chi connectivity index (χ1n) is 7.34. The van der Waals surface area contributed by atoms with E-state index in [1.165, 1.54) is 16.9 Å². The van der Waals surface area contributed by atoms with Gasteiger partial charge in [-0.05, 0) is 25.6 Å². The van der Waals surface area contributed by atoms with Gasteiger partial charge >= 0.3 is 0 Å². The maximum absolute atomic E-state index is 11.9. The summed E-state index contributed by atoms with van der Waals surface area (Å²) >= 11 is 1.42. The van der Waals surface area contributed by atoms with Gasteiger partial charge in [0.15, 0.2) is 0 Å². The number of thiazole rings is 1. The minimum absolute atomic E-state index is 0.123. The molecular weight excluding hydrogens is 296 g/mol. The monoisotopic (exact) mass is 318 g/mol. The van der Waals surface area contributed by atoms with Crippen molar-refractivity contribution in [2.45, 2.75) is 19.5 Å². The number of amides is 1. The number of nitrogens with two attached hydrogens (primary N) is 1. The molecule has 6 heteroatoms. The zero-order valence-corrected chi connectivity index (χ0v) is 13.6. The summed E-state index contributed by atoms with van der Waals surface area (Å²) in [5, 5.41) is 5.43. The van der Waals surface area contributed by atoms with E-state index >= 15 is 0 Å². The molecule has 0 aliphatic carbocycles. The van der Waals surface area contributed by atoms with Crippen LogP contribution in [0.4, 0.5) is 0 Å². The smallest absolute Gasteiger partial charge is 0.270 e. The molecule has 5 nitrogen and oxygen atoms in total. The average Bonchev–Trinajstić information content (AvgIpc) is 3.01. The van der Waals surface area contributed by atoms with Crippen LogP contribution in [-0.2, 0) is 13.1 Å². The molecule has 2 aromatic rings. The van der Waals surface area contributed by atoms with Crippen molar-refractivity contribution in [3.05, 3.63) is 52.0 Å². The van der Waals surface area contributed by atoms with Crippen LogP contribution in [0.1, 0.15) is 27.5 Å². The number of carbonyl (C=O) groups is 1. The number of hydrogen-bond acceptors (Lipinski definition) is 5. The van der Waals surface area contributed by atoms with Gasteiger partial charge in [0, 0.05) is 25.0 Å². The molecule has 0 saturated heterocycles. The molecule has 0 radical (unpaired) electrons. The van der Waals surface area contributed by atoms with Gasteiger partial charge in [-0.25, -0.2) is 4.98 Å². The van der Waals surface area contributed by atoms with E-state index in [1.807, 2.05) is 18.2 Å². The minimum atomic E-state index is -0.123. The molecule has 22 heavy (non-hydrogen) atoms. The lowest BCUT2D eigenvalue weighted by Gasteiger charge is -2.16. The maximum Gasteiger partial charge on any atom is 0.270 e. The van der Waals surface area contributed by atoms with E-state index in [9.17, 15) is 4.79 Å². The Hall–Kier alpha value is -1.76. The normalized spacial score (nSPS) is 10.9. The summed E-state index contributed by atoms with van der Waals surface area (Å²) in [6, 6.07) is 10.4. The molecule has 1 heterocycles. The van der Waals surface area contributed by atoms with Crippen LogP contribution < -0.4 is 11.1 Å². The van der Waals surface area contributed by atoms with Crippen LogP contribution in [0.5, 0.6) is 0 Å². The number of aromatic nitrogens is 1. The highest BCUT2D eigenvalue weighted by atomic mass is 32.1. The molecule has 0 fully saturated rings. The van der Waals surface area contributed by atoms with Gasteiger partial charge in [0.2, 0.25) is 0 Å². The summed E-state index contributed by atoms with van der Waals surface area (Å²) in [5.41, 5.74) is 7.25. The first kappa shape index (κ1) is 16.6. The lowest BCUT2D eigenvalue weighted by Crippen LogP contribution is -2.28. The van der Waals surface area contributed by atoms with Crippen molar-refractivity contribution in [2.24, 2.45) is 5.73 Å². The fourth-order valence-electron chi connectivity index (χ4n) is 2.12. The molecule has 0 aliphatic heterocycles. The number of rotatable bonds is 8. The summed E-state index contributed by atoms with van der Waals surface area (Å²) in [6.45, 7) is 2.87. The predicted molar refractivity (Wildman–Crippen MR) is 89.7 cm³/mol. The van der Waals surface area contributed by atoms with E-state index in [4.69, 9.17) is 5.73 Å². The number of benzene rings is 1. The molecule has 2 rings (SSSR count). The molecule has 1 amide bonds. The molecule has 0 saturated carbocycles. The van der Waals surface area contributed by atoms with Gasteiger partial charge in [0.05, 0.1) is 0 Å². The second-order valence-electron chi connectivity index (χ2n) is 5.16. The summed E-state index contributed by atoms with van der Waals surface area (Å²) in [7, 11) is 2.09. The minimum Gasteiger partial charge on any atom is -0.351 e. The zero-order chi connectivity index (χ0) is 15.8. The van der Waals surface area contributed by atoms with Gasteiger partial charge in [0.1, 0.15) is 10.7 Å². The van der Waals surface area contributed by atoms with Gasteiger partial charge in [0.25, 0.3) is 5.91 Å². The first-order chi connectivity index (χ1) is 10.7. The highest BCUT2D eigenvalue weighted by Crippen LogP contribution is 2.08. The van der Waals surface area contributed by atoms with Crippen molar-refractivity contribution < 1.29 is 4.79 Å². The molecule has 3 N–H and O–H groups in total. The van der Waals surface area contributed by atoms with Gasteiger partial charge in [-0.2, -0.15) is 0 Å². The van der Waals surface area contributed by atoms with E-state index in [0.29, 0.717) is 18.8 Å². The Morgan fingerprint density at radius 2 is 2.14 bits per heavy atom. The highest BCUT2D eigenvalue weighted by Gasteiger charge is 2.09. The van der Waals surface area contributed by atoms with Crippen LogP contribution in [0.15, 0.2) is 35.7 Å². The Morgan fingerprint density at radius 3 is 2.82 bits per heavy atom. The summed E-state index contributed by atoms with van der Waals surface area (Å²) in [6.07, 6.45) is 0.906. The van der Waals surface area contributed by atoms with Crippen molar-refractivity contribution in [2.75, 3.05) is 20.1 Å². The predicted octanol–water partition coefficient (Wildman–Crippen LogP) is 1.85. The van der Waals surface area contributed by atoms with Crippen LogP contribution in [0.3, 0.4) is 0 Å².